The lowest BCUT2D eigenvalue weighted by atomic mass is 9.77. The van der Waals surface area contributed by atoms with Crippen molar-refractivity contribution in [2.24, 2.45) is 11.7 Å². The minimum atomic E-state index is -0.171. The number of hydrogen-bond donors (Lipinski definition) is 1. The molecule has 1 saturated carbocycles. The summed E-state index contributed by atoms with van der Waals surface area (Å²) in [7, 11) is -0.171. The summed E-state index contributed by atoms with van der Waals surface area (Å²) in [5.41, 5.74) is 5.47. The van der Waals surface area contributed by atoms with Gasteiger partial charge in [0.05, 0.1) is 11.7 Å². The Labute approximate surface area is 80.1 Å². The van der Waals surface area contributed by atoms with Crippen LogP contribution in [0.5, 0.6) is 0 Å². The topological polar surface area (TPSA) is 44.5 Å². The minimum Gasteiger partial charge on any atom is -0.404 e. The maximum absolute atomic E-state index is 5.83. The summed E-state index contributed by atoms with van der Waals surface area (Å²) in [6, 6.07) is 0. The molecule has 2 N–H and O–H groups in total. The van der Waals surface area contributed by atoms with Crippen LogP contribution in [0.3, 0.4) is 0 Å². The Hall–Kier alpha value is -0.0551. The molecule has 2 aliphatic rings. The van der Waals surface area contributed by atoms with Crippen molar-refractivity contribution in [3.63, 3.8) is 0 Å². The monoisotopic (exact) mass is 183 g/mol. The summed E-state index contributed by atoms with van der Waals surface area (Å²) in [6.45, 7) is 4.40. The zero-order valence-corrected chi connectivity index (χ0v) is 8.45. The van der Waals surface area contributed by atoms with E-state index in [9.17, 15) is 0 Å². The summed E-state index contributed by atoms with van der Waals surface area (Å²) in [6.07, 6.45) is 4.34. The van der Waals surface area contributed by atoms with Gasteiger partial charge in [-0.25, -0.2) is 0 Å². The van der Waals surface area contributed by atoms with Crippen molar-refractivity contribution in [3.05, 3.63) is 0 Å². The van der Waals surface area contributed by atoms with Crippen LogP contribution in [0.1, 0.15) is 33.1 Å². The van der Waals surface area contributed by atoms with Crippen molar-refractivity contribution >= 4 is 7.12 Å². The van der Waals surface area contributed by atoms with E-state index in [0.29, 0.717) is 12.4 Å². The first-order valence-corrected chi connectivity index (χ1v) is 5.19. The molecule has 0 radical (unpaired) electrons. The molecular formula is C9H18BNO2. The molecule has 74 valence electrons. The predicted octanol–water partition coefficient (Wildman–Crippen LogP) is 0.967. The van der Waals surface area contributed by atoms with Gasteiger partial charge in [-0.2, -0.15) is 0 Å². The minimum absolute atomic E-state index is 0.0678. The molecule has 2 fully saturated rings. The van der Waals surface area contributed by atoms with Crippen LogP contribution in [-0.4, -0.2) is 25.3 Å². The molecule has 1 aliphatic carbocycles. The first-order chi connectivity index (χ1) is 6.15. The molecule has 0 aromatic carbocycles. The number of fused-ring (bicyclic) bond motifs is 1. The van der Waals surface area contributed by atoms with E-state index >= 15 is 0 Å². The number of nitrogens with two attached hydrogens (primary N) is 1. The van der Waals surface area contributed by atoms with Gasteiger partial charge in [0.15, 0.2) is 0 Å². The second kappa shape index (κ2) is 3.26. The van der Waals surface area contributed by atoms with E-state index in [-0.39, 0.29) is 18.8 Å². The van der Waals surface area contributed by atoms with E-state index in [4.69, 9.17) is 15.0 Å². The number of hydrogen-bond acceptors (Lipinski definition) is 3. The Kier molecular flexibility index (Phi) is 2.38. The molecule has 1 heterocycles. The largest absolute Gasteiger partial charge is 0.472 e. The Bertz CT molecular complexity index is 202. The molecule has 13 heavy (non-hydrogen) atoms. The van der Waals surface area contributed by atoms with E-state index in [1.807, 2.05) is 0 Å². The quantitative estimate of drug-likeness (QED) is 0.616. The zero-order chi connectivity index (χ0) is 9.47. The fraction of sp³-hybridized carbons (Fsp3) is 1.00. The molecule has 0 aromatic rings. The normalized spacial score (nSPS) is 45.0. The highest BCUT2D eigenvalue weighted by Crippen LogP contribution is 2.41. The lowest BCUT2D eigenvalue weighted by Gasteiger charge is -2.38. The average molecular weight is 183 g/mol. The van der Waals surface area contributed by atoms with Gasteiger partial charge in [-0.05, 0) is 25.7 Å². The van der Waals surface area contributed by atoms with Gasteiger partial charge >= 0.3 is 7.12 Å². The van der Waals surface area contributed by atoms with Crippen LogP contribution in [0.15, 0.2) is 0 Å². The van der Waals surface area contributed by atoms with Crippen LogP contribution in [0.4, 0.5) is 0 Å². The van der Waals surface area contributed by atoms with Gasteiger partial charge in [0.2, 0.25) is 0 Å². The molecule has 4 heteroatoms. The van der Waals surface area contributed by atoms with Crippen molar-refractivity contribution in [1.29, 1.82) is 0 Å². The third-order valence-corrected chi connectivity index (χ3v) is 3.34. The summed E-state index contributed by atoms with van der Waals surface area (Å²) in [4.78, 5) is 0. The molecule has 1 saturated heterocycles. The predicted molar refractivity (Wildman–Crippen MR) is 52.2 cm³/mol. The van der Waals surface area contributed by atoms with Crippen LogP contribution in [0.2, 0.25) is 0 Å². The Balaban J connectivity index is 2.12. The molecule has 0 bridgehead atoms. The van der Waals surface area contributed by atoms with Crippen LogP contribution >= 0.6 is 0 Å². The van der Waals surface area contributed by atoms with Gasteiger partial charge in [-0.3, -0.25) is 0 Å². The van der Waals surface area contributed by atoms with E-state index in [0.717, 1.165) is 6.42 Å². The summed E-state index contributed by atoms with van der Waals surface area (Å²) < 4.78 is 11.6. The maximum atomic E-state index is 5.83. The lowest BCUT2D eigenvalue weighted by Crippen LogP contribution is -2.44. The van der Waals surface area contributed by atoms with Crippen LogP contribution in [0, 0.1) is 5.92 Å². The van der Waals surface area contributed by atoms with Crippen molar-refractivity contribution in [2.45, 2.75) is 44.8 Å². The van der Waals surface area contributed by atoms with Crippen molar-refractivity contribution in [3.8, 4) is 0 Å². The standard InChI is InChI=1S/C9H18BNO2/c1-7-4-3-5-9(2)8(7)12-10(6-11)13-9/h7-8H,3-6,11H2,1-2H3/t7?,8?,9-/m0/s1. The zero-order valence-electron chi connectivity index (χ0n) is 8.45. The van der Waals surface area contributed by atoms with Crippen molar-refractivity contribution in [2.75, 3.05) is 6.44 Å². The van der Waals surface area contributed by atoms with E-state index in [1.165, 1.54) is 12.8 Å². The van der Waals surface area contributed by atoms with Crippen LogP contribution in [-0.2, 0) is 9.31 Å². The summed E-state index contributed by atoms with van der Waals surface area (Å²) in [5, 5.41) is 0. The fourth-order valence-electron chi connectivity index (χ4n) is 2.67. The lowest BCUT2D eigenvalue weighted by molar-refractivity contribution is -0.0125. The molecular weight excluding hydrogens is 165 g/mol. The highest BCUT2D eigenvalue weighted by molar-refractivity contribution is 6.45. The van der Waals surface area contributed by atoms with Gasteiger partial charge in [-0.1, -0.05) is 13.3 Å². The molecule has 2 unspecified atom stereocenters. The average Bonchev–Trinajstić information content (AvgIpc) is 2.43. The highest BCUT2D eigenvalue weighted by Gasteiger charge is 2.51. The molecule has 0 aromatic heterocycles. The molecule has 3 atom stereocenters. The molecule has 2 rings (SSSR count). The Morgan fingerprint density at radius 1 is 1.62 bits per heavy atom. The van der Waals surface area contributed by atoms with E-state index in [1.54, 1.807) is 0 Å². The molecule has 1 aliphatic heterocycles. The van der Waals surface area contributed by atoms with Crippen molar-refractivity contribution < 1.29 is 9.31 Å². The fourth-order valence-corrected chi connectivity index (χ4v) is 2.67. The second-order valence-corrected chi connectivity index (χ2v) is 4.52. The van der Waals surface area contributed by atoms with Gasteiger partial charge in [0, 0.05) is 6.44 Å². The maximum Gasteiger partial charge on any atom is 0.472 e. The van der Waals surface area contributed by atoms with Crippen LogP contribution < -0.4 is 5.73 Å². The van der Waals surface area contributed by atoms with E-state index < -0.39 is 0 Å². The summed E-state index contributed by atoms with van der Waals surface area (Å²) >= 11 is 0. The summed E-state index contributed by atoms with van der Waals surface area (Å²) in [5.74, 6) is 0.607. The van der Waals surface area contributed by atoms with Gasteiger partial charge < -0.3 is 15.0 Å². The van der Waals surface area contributed by atoms with Gasteiger partial charge in [0.25, 0.3) is 0 Å². The Morgan fingerprint density at radius 3 is 3.00 bits per heavy atom. The smallest absolute Gasteiger partial charge is 0.404 e. The third kappa shape index (κ3) is 1.51. The highest BCUT2D eigenvalue weighted by atomic mass is 16.7. The molecule has 0 amide bonds. The molecule has 0 spiro atoms. The Morgan fingerprint density at radius 2 is 2.38 bits per heavy atom. The van der Waals surface area contributed by atoms with Gasteiger partial charge in [0.1, 0.15) is 0 Å². The van der Waals surface area contributed by atoms with Gasteiger partial charge in [-0.15, -0.1) is 0 Å². The first-order valence-electron chi connectivity index (χ1n) is 5.19. The van der Waals surface area contributed by atoms with Crippen LogP contribution in [0.25, 0.3) is 0 Å². The SMILES string of the molecule is CC1CCC[C@]2(C)OB(CN)OC12. The molecule has 3 nitrogen and oxygen atoms in total. The third-order valence-electron chi connectivity index (χ3n) is 3.34. The second-order valence-electron chi connectivity index (χ2n) is 4.52. The first kappa shape index (κ1) is 9.50. The van der Waals surface area contributed by atoms with Crippen molar-refractivity contribution in [1.82, 2.24) is 0 Å². The van der Waals surface area contributed by atoms with E-state index in [2.05, 4.69) is 13.8 Å². The number of rotatable bonds is 1.